The number of aromatic nitrogens is 1. The quantitative estimate of drug-likeness (QED) is 0.630. The van der Waals surface area contributed by atoms with Crippen molar-refractivity contribution in [2.45, 2.75) is 19.6 Å². The molecule has 4 heteroatoms. The van der Waals surface area contributed by atoms with Crippen molar-refractivity contribution >= 4 is 12.0 Å². The van der Waals surface area contributed by atoms with Gasteiger partial charge in [-0.1, -0.05) is 48.5 Å². The van der Waals surface area contributed by atoms with Gasteiger partial charge in [0, 0.05) is 12.3 Å². The molecule has 0 saturated carbocycles. The maximum Gasteiger partial charge on any atom is 0.244 e. The standard InChI is InChI=1S/C23H22N2O2/c1-18(25-23(26)14-13-19-8-3-2-4-9-19)20-10-7-12-22(16-20)27-17-21-11-5-6-15-24-21/h2-16,18H,17H2,1H3,(H,25,26)/b14-13+. The zero-order valence-electron chi connectivity index (χ0n) is 15.2. The van der Waals surface area contributed by atoms with E-state index in [0.717, 1.165) is 22.6 Å². The maximum absolute atomic E-state index is 12.2. The summed E-state index contributed by atoms with van der Waals surface area (Å²) in [7, 11) is 0. The number of amides is 1. The van der Waals surface area contributed by atoms with Crippen molar-refractivity contribution in [3.05, 3.63) is 102 Å². The summed E-state index contributed by atoms with van der Waals surface area (Å²) in [6.07, 6.45) is 5.09. The van der Waals surface area contributed by atoms with Crippen LogP contribution in [-0.4, -0.2) is 10.9 Å². The smallest absolute Gasteiger partial charge is 0.244 e. The number of benzene rings is 2. The molecule has 1 heterocycles. The second-order valence-electron chi connectivity index (χ2n) is 6.16. The summed E-state index contributed by atoms with van der Waals surface area (Å²) >= 11 is 0. The van der Waals surface area contributed by atoms with Gasteiger partial charge in [0.05, 0.1) is 11.7 Å². The normalized spacial score (nSPS) is 11.9. The van der Waals surface area contributed by atoms with Crippen molar-refractivity contribution in [3.63, 3.8) is 0 Å². The highest BCUT2D eigenvalue weighted by molar-refractivity contribution is 5.91. The second kappa shape index (κ2) is 9.34. The van der Waals surface area contributed by atoms with Gasteiger partial charge in [0.15, 0.2) is 0 Å². The minimum atomic E-state index is -0.133. The first-order valence-corrected chi connectivity index (χ1v) is 8.87. The fourth-order valence-corrected chi connectivity index (χ4v) is 2.60. The molecule has 2 aromatic carbocycles. The molecule has 0 aliphatic rings. The Bertz CT molecular complexity index is 893. The number of rotatable bonds is 7. The van der Waals surface area contributed by atoms with E-state index < -0.39 is 0 Å². The molecule has 0 fully saturated rings. The summed E-state index contributed by atoms with van der Waals surface area (Å²) < 4.78 is 5.80. The van der Waals surface area contributed by atoms with Gasteiger partial charge in [0.1, 0.15) is 12.4 Å². The lowest BCUT2D eigenvalue weighted by Gasteiger charge is -2.14. The van der Waals surface area contributed by atoms with Crippen LogP contribution < -0.4 is 10.1 Å². The highest BCUT2D eigenvalue weighted by Gasteiger charge is 2.09. The molecular formula is C23H22N2O2. The molecule has 4 nitrogen and oxygen atoms in total. The predicted molar refractivity (Wildman–Crippen MR) is 107 cm³/mol. The summed E-state index contributed by atoms with van der Waals surface area (Å²) in [5.74, 6) is 0.616. The highest BCUT2D eigenvalue weighted by atomic mass is 16.5. The fraction of sp³-hybridized carbons (Fsp3) is 0.130. The van der Waals surface area contributed by atoms with Gasteiger partial charge in [-0.3, -0.25) is 9.78 Å². The van der Waals surface area contributed by atoms with E-state index >= 15 is 0 Å². The third kappa shape index (κ3) is 5.82. The van der Waals surface area contributed by atoms with Crippen molar-refractivity contribution < 1.29 is 9.53 Å². The Balaban J connectivity index is 1.57. The maximum atomic E-state index is 12.2. The molecule has 0 aliphatic carbocycles. The van der Waals surface area contributed by atoms with Crippen molar-refractivity contribution in [1.29, 1.82) is 0 Å². The average molecular weight is 358 g/mol. The van der Waals surface area contributed by atoms with Crippen LogP contribution >= 0.6 is 0 Å². The zero-order valence-corrected chi connectivity index (χ0v) is 15.2. The summed E-state index contributed by atoms with van der Waals surface area (Å²) in [4.78, 5) is 16.4. The summed E-state index contributed by atoms with van der Waals surface area (Å²) in [5.41, 5.74) is 2.84. The minimum Gasteiger partial charge on any atom is -0.487 e. The Morgan fingerprint density at radius 3 is 2.67 bits per heavy atom. The molecule has 1 amide bonds. The number of carbonyl (C=O) groups is 1. The van der Waals surface area contributed by atoms with Crippen LogP contribution in [0.4, 0.5) is 0 Å². The topological polar surface area (TPSA) is 51.2 Å². The molecule has 3 aromatic rings. The van der Waals surface area contributed by atoms with Gasteiger partial charge in [0.2, 0.25) is 5.91 Å². The van der Waals surface area contributed by atoms with Crippen LogP contribution in [0.5, 0.6) is 5.75 Å². The second-order valence-corrected chi connectivity index (χ2v) is 6.16. The Labute approximate surface area is 159 Å². The van der Waals surface area contributed by atoms with Gasteiger partial charge < -0.3 is 10.1 Å². The molecule has 1 N–H and O–H groups in total. The van der Waals surface area contributed by atoms with E-state index in [9.17, 15) is 4.79 Å². The summed E-state index contributed by atoms with van der Waals surface area (Å²) in [6.45, 7) is 2.36. The lowest BCUT2D eigenvalue weighted by atomic mass is 10.1. The molecule has 3 rings (SSSR count). The summed E-state index contributed by atoms with van der Waals surface area (Å²) in [6, 6.07) is 23.1. The number of nitrogens with zero attached hydrogens (tertiary/aromatic N) is 1. The van der Waals surface area contributed by atoms with E-state index in [2.05, 4.69) is 10.3 Å². The zero-order chi connectivity index (χ0) is 18.9. The van der Waals surface area contributed by atoms with Crippen LogP contribution in [0.1, 0.15) is 29.8 Å². The van der Waals surface area contributed by atoms with Crippen LogP contribution in [0.25, 0.3) is 6.08 Å². The number of nitrogens with one attached hydrogen (secondary N) is 1. The van der Waals surface area contributed by atoms with Crippen LogP contribution in [0.2, 0.25) is 0 Å². The number of hydrogen-bond donors (Lipinski definition) is 1. The first kappa shape index (κ1) is 18.4. The van der Waals surface area contributed by atoms with Gasteiger partial charge in [-0.2, -0.15) is 0 Å². The Hall–Kier alpha value is -3.40. The monoisotopic (exact) mass is 358 g/mol. The Morgan fingerprint density at radius 1 is 1.07 bits per heavy atom. The van der Waals surface area contributed by atoms with E-state index in [1.54, 1.807) is 18.3 Å². The molecular weight excluding hydrogens is 336 g/mol. The predicted octanol–water partition coefficient (Wildman–Crippen LogP) is 4.55. The van der Waals surface area contributed by atoms with Gasteiger partial charge in [-0.05, 0) is 48.4 Å². The SMILES string of the molecule is CC(NC(=O)/C=C/c1ccccc1)c1cccc(OCc2ccccn2)c1. The van der Waals surface area contributed by atoms with E-state index in [0.29, 0.717) is 6.61 Å². The molecule has 0 spiro atoms. The molecule has 1 aromatic heterocycles. The molecule has 1 atom stereocenters. The van der Waals surface area contributed by atoms with E-state index in [-0.39, 0.29) is 11.9 Å². The van der Waals surface area contributed by atoms with Gasteiger partial charge >= 0.3 is 0 Å². The number of carbonyl (C=O) groups excluding carboxylic acids is 1. The van der Waals surface area contributed by atoms with Crippen molar-refractivity contribution in [1.82, 2.24) is 10.3 Å². The molecule has 0 aliphatic heterocycles. The lowest BCUT2D eigenvalue weighted by molar-refractivity contribution is -0.117. The Kier molecular flexibility index (Phi) is 6.36. The van der Waals surface area contributed by atoms with Crippen molar-refractivity contribution in [3.8, 4) is 5.75 Å². The van der Waals surface area contributed by atoms with Crippen LogP contribution in [0.3, 0.4) is 0 Å². The van der Waals surface area contributed by atoms with Gasteiger partial charge in [-0.25, -0.2) is 0 Å². The van der Waals surface area contributed by atoms with E-state index in [1.807, 2.05) is 79.7 Å². The van der Waals surface area contributed by atoms with Crippen molar-refractivity contribution in [2.24, 2.45) is 0 Å². The molecule has 0 radical (unpaired) electrons. The molecule has 0 bridgehead atoms. The third-order valence-electron chi connectivity index (χ3n) is 4.06. The average Bonchev–Trinajstić information content (AvgIpc) is 2.72. The first-order chi connectivity index (χ1) is 13.2. The fourth-order valence-electron chi connectivity index (χ4n) is 2.60. The number of pyridine rings is 1. The van der Waals surface area contributed by atoms with Crippen LogP contribution in [0, 0.1) is 0 Å². The molecule has 27 heavy (non-hydrogen) atoms. The highest BCUT2D eigenvalue weighted by Crippen LogP contribution is 2.20. The van der Waals surface area contributed by atoms with Gasteiger partial charge in [0.25, 0.3) is 0 Å². The van der Waals surface area contributed by atoms with E-state index in [1.165, 1.54) is 0 Å². The summed E-state index contributed by atoms with van der Waals surface area (Å²) in [5, 5.41) is 2.97. The largest absolute Gasteiger partial charge is 0.487 e. The minimum absolute atomic E-state index is 0.128. The first-order valence-electron chi connectivity index (χ1n) is 8.87. The lowest BCUT2D eigenvalue weighted by Crippen LogP contribution is -2.24. The van der Waals surface area contributed by atoms with Crippen molar-refractivity contribution in [2.75, 3.05) is 0 Å². The molecule has 0 saturated heterocycles. The third-order valence-corrected chi connectivity index (χ3v) is 4.06. The molecule has 1 unspecified atom stereocenters. The van der Waals surface area contributed by atoms with Crippen LogP contribution in [-0.2, 0) is 11.4 Å². The molecule has 136 valence electrons. The Morgan fingerprint density at radius 2 is 1.89 bits per heavy atom. The van der Waals surface area contributed by atoms with E-state index in [4.69, 9.17) is 4.74 Å². The number of ether oxygens (including phenoxy) is 1. The number of hydrogen-bond acceptors (Lipinski definition) is 3. The van der Waals surface area contributed by atoms with Gasteiger partial charge in [-0.15, -0.1) is 0 Å². The van der Waals surface area contributed by atoms with Crippen LogP contribution in [0.15, 0.2) is 85.1 Å².